The van der Waals surface area contributed by atoms with E-state index in [0.29, 0.717) is 11.5 Å². The number of hydrogen-bond donors (Lipinski definition) is 1. The minimum absolute atomic E-state index is 0.0238. The van der Waals surface area contributed by atoms with E-state index >= 15 is 0 Å². The predicted octanol–water partition coefficient (Wildman–Crippen LogP) is 4.16. The first kappa shape index (κ1) is 17.9. The Bertz CT molecular complexity index is 713. The second kappa shape index (κ2) is 7.00. The molecule has 0 saturated carbocycles. The summed E-state index contributed by atoms with van der Waals surface area (Å²) in [6.45, 7) is 1.53. The summed E-state index contributed by atoms with van der Waals surface area (Å²) in [6, 6.07) is 3.33. The molecular formula is C13H11Br2F3N4O. The number of rotatable bonds is 4. The third kappa shape index (κ3) is 4.54. The lowest BCUT2D eigenvalue weighted by Gasteiger charge is -2.06. The van der Waals surface area contributed by atoms with E-state index in [1.165, 1.54) is 13.1 Å². The van der Waals surface area contributed by atoms with Crippen LogP contribution < -0.4 is 5.32 Å². The maximum Gasteiger partial charge on any atom is 0.436 e. The zero-order valence-electron chi connectivity index (χ0n) is 11.8. The molecule has 2 aromatic heterocycles. The van der Waals surface area contributed by atoms with E-state index in [1.807, 2.05) is 0 Å². The lowest BCUT2D eigenvalue weighted by atomic mass is 10.3. The second-order valence-corrected chi connectivity index (χ2v) is 6.34. The summed E-state index contributed by atoms with van der Waals surface area (Å²) in [5, 5.41) is 6.08. The van der Waals surface area contributed by atoms with Crippen molar-refractivity contribution in [3.63, 3.8) is 0 Å². The van der Waals surface area contributed by atoms with Gasteiger partial charge in [0.2, 0.25) is 5.91 Å². The van der Waals surface area contributed by atoms with E-state index < -0.39 is 11.9 Å². The van der Waals surface area contributed by atoms with Crippen molar-refractivity contribution in [2.24, 2.45) is 0 Å². The van der Waals surface area contributed by atoms with Gasteiger partial charge >= 0.3 is 6.18 Å². The number of halogens is 5. The maximum atomic E-state index is 12.8. The molecule has 0 aliphatic rings. The Hall–Kier alpha value is -1.42. The van der Waals surface area contributed by atoms with Crippen molar-refractivity contribution in [3.8, 4) is 0 Å². The van der Waals surface area contributed by atoms with Gasteiger partial charge in [-0.15, -0.1) is 0 Å². The van der Waals surface area contributed by atoms with Gasteiger partial charge in [-0.1, -0.05) is 0 Å². The molecule has 0 aliphatic carbocycles. The van der Waals surface area contributed by atoms with Crippen molar-refractivity contribution < 1.29 is 18.0 Å². The molecule has 0 atom stereocenters. The fraction of sp³-hybridized carbons (Fsp3) is 0.308. The first-order valence-corrected chi connectivity index (χ1v) is 7.98. The molecule has 23 heavy (non-hydrogen) atoms. The van der Waals surface area contributed by atoms with Gasteiger partial charge in [-0.25, -0.2) is 4.98 Å². The van der Waals surface area contributed by atoms with Crippen molar-refractivity contribution in [2.45, 2.75) is 26.1 Å². The number of amides is 1. The zero-order chi connectivity index (χ0) is 17.2. The summed E-state index contributed by atoms with van der Waals surface area (Å²) in [7, 11) is 0. The summed E-state index contributed by atoms with van der Waals surface area (Å²) in [5.74, 6) is 0.00644. The van der Waals surface area contributed by atoms with Crippen LogP contribution in [0.25, 0.3) is 0 Å². The second-order valence-electron chi connectivity index (χ2n) is 4.63. The van der Waals surface area contributed by atoms with Crippen molar-refractivity contribution in [3.05, 3.63) is 38.7 Å². The minimum Gasteiger partial charge on any atom is -0.311 e. The van der Waals surface area contributed by atoms with E-state index in [4.69, 9.17) is 0 Å². The number of alkyl halides is 3. The summed E-state index contributed by atoms with van der Waals surface area (Å²) >= 11 is 6.11. The summed E-state index contributed by atoms with van der Waals surface area (Å²) in [6.07, 6.45) is -3.04. The number of nitrogens with zero attached hydrogens (tertiary/aromatic N) is 3. The lowest BCUT2D eigenvalue weighted by molar-refractivity contribution is -0.142. The SMILES string of the molecule is Cc1c(Br)c(C(F)(F)F)nn1CCC(=O)Nc1ccc(Br)cn1. The topological polar surface area (TPSA) is 59.8 Å². The van der Waals surface area contributed by atoms with E-state index in [9.17, 15) is 18.0 Å². The van der Waals surface area contributed by atoms with Gasteiger partial charge in [0, 0.05) is 17.1 Å². The van der Waals surface area contributed by atoms with E-state index in [0.717, 1.165) is 9.15 Å². The Kier molecular flexibility index (Phi) is 5.45. The van der Waals surface area contributed by atoms with Gasteiger partial charge in [-0.2, -0.15) is 18.3 Å². The zero-order valence-corrected chi connectivity index (χ0v) is 15.0. The smallest absolute Gasteiger partial charge is 0.311 e. The highest BCUT2D eigenvalue weighted by molar-refractivity contribution is 9.10. The maximum absolute atomic E-state index is 12.8. The molecular weight excluding hydrogens is 445 g/mol. The van der Waals surface area contributed by atoms with Crippen LogP contribution in [-0.2, 0) is 17.5 Å². The molecule has 0 radical (unpaired) electrons. The van der Waals surface area contributed by atoms with Crippen molar-refractivity contribution in [1.82, 2.24) is 14.8 Å². The third-order valence-corrected chi connectivity index (χ3v) is 4.37. The van der Waals surface area contributed by atoms with Crippen LogP contribution in [0, 0.1) is 6.92 Å². The van der Waals surface area contributed by atoms with Crippen molar-refractivity contribution in [2.75, 3.05) is 5.32 Å². The van der Waals surface area contributed by atoms with Crippen molar-refractivity contribution >= 4 is 43.6 Å². The Balaban J connectivity index is 2.00. The van der Waals surface area contributed by atoms with Crippen LogP contribution in [0.2, 0.25) is 0 Å². The molecule has 0 fully saturated rings. The molecule has 5 nitrogen and oxygen atoms in total. The van der Waals surface area contributed by atoms with Gasteiger partial charge in [0.1, 0.15) is 5.82 Å². The number of nitrogens with one attached hydrogen (secondary N) is 1. The molecule has 0 spiro atoms. The van der Waals surface area contributed by atoms with Gasteiger partial charge in [-0.05, 0) is 50.9 Å². The fourth-order valence-electron chi connectivity index (χ4n) is 1.79. The van der Waals surface area contributed by atoms with Gasteiger partial charge in [0.05, 0.1) is 16.7 Å². The number of carbonyl (C=O) groups is 1. The first-order chi connectivity index (χ1) is 10.7. The minimum atomic E-state index is -4.54. The molecule has 1 N–H and O–H groups in total. The lowest BCUT2D eigenvalue weighted by Crippen LogP contribution is -2.16. The standard InChI is InChI=1S/C13H11Br2F3N4O/c1-7-11(15)12(13(16,17)18)21-22(7)5-4-10(23)20-9-3-2-8(14)6-19-9/h2-3,6H,4-5H2,1H3,(H,19,20,23). The van der Waals surface area contributed by atoms with E-state index in [-0.39, 0.29) is 23.3 Å². The number of aryl methyl sites for hydroxylation is 1. The number of anilines is 1. The summed E-state index contributed by atoms with van der Waals surface area (Å²) in [4.78, 5) is 15.8. The Morgan fingerprint density at radius 3 is 2.57 bits per heavy atom. The summed E-state index contributed by atoms with van der Waals surface area (Å²) in [5.41, 5.74) is -0.683. The average molecular weight is 456 g/mol. The Morgan fingerprint density at radius 1 is 1.35 bits per heavy atom. The van der Waals surface area contributed by atoms with Crippen LogP contribution in [-0.4, -0.2) is 20.7 Å². The van der Waals surface area contributed by atoms with Crippen LogP contribution in [0.4, 0.5) is 19.0 Å². The highest BCUT2D eigenvalue weighted by Gasteiger charge is 2.37. The Morgan fingerprint density at radius 2 is 2.04 bits per heavy atom. The predicted molar refractivity (Wildman–Crippen MR) is 84.8 cm³/mol. The molecule has 0 bridgehead atoms. The van der Waals surface area contributed by atoms with Gasteiger partial charge in [-0.3, -0.25) is 9.48 Å². The van der Waals surface area contributed by atoms with Gasteiger partial charge in [0.25, 0.3) is 0 Å². The number of carbonyl (C=O) groups excluding carboxylic acids is 1. The van der Waals surface area contributed by atoms with E-state index in [1.54, 1.807) is 12.1 Å². The van der Waals surface area contributed by atoms with Crippen molar-refractivity contribution in [1.29, 1.82) is 0 Å². The molecule has 0 aliphatic heterocycles. The normalized spacial score (nSPS) is 11.6. The van der Waals surface area contributed by atoms with Crippen LogP contribution >= 0.6 is 31.9 Å². The monoisotopic (exact) mass is 454 g/mol. The van der Waals surface area contributed by atoms with Crippen LogP contribution in [0.3, 0.4) is 0 Å². The molecule has 2 heterocycles. The number of aromatic nitrogens is 3. The number of pyridine rings is 1. The molecule has 10 heteroatoms. The molecule has 1 amide bonds. The van der Waals surface area contributed by atoms with Crippen LogP contribution in [0.5, 0.6) is 0 Å². The quantitative estimate of drug-likeness (QED) is 0.753. The number of hydrogen-bond acceptors (Lipinski definition) is 3. The van der Waals surface area contributed by atoms with Crippen LogP contribution in [0.15, 0.2) is 27.3 Å². The molecule has 0 aromatic carbocycles. The first-order valence-electron chi connectivity index (χ1n) is 6.40. The van der Waals surface area contributed by atoms with Gasteiger partial charge < -0.3 is 5.32 Å². The molecule has 0 unspecified atom stereocenters. The highest BCUT2D eigenvalue weighted by Crippen LogP contribution is 2.35. The molecule has 2 aromatic rings. The molecule has 0 saturated heterocycles. The Labute approximate surface area is 146 Å². The van der Waals surface area contributed by atoms with Gasteiger partial charge in [0.15, 0.2) is 5.69 Å². The fourth-order valence-corrected chi connectivity index (χ4v) is 2.53. The highest BCUT2D eigenvalue weighted by atomic mass is 79.9. The molecule has 2 rings (SSSR count). The van der Waals surface area contributed by atoms with Crippen LogP contribution in [0.1, 0.15) is 17.8 Å². The van der Waals surface area contributed by atoms with E-state index in [2.05, 4.69) is 47.3 Å². The average Bonchev–Trinajstić information content (AvgIpc) is 2.75. The molecule has 124 valence electrons. The summed E-state index contributed by atoms with van der Waals surface area (Å²) < 4.78 is 40.1. The largest absolute Gasteiger partial charge is 0.436 e. The third-order valence-electron chi connectivity index (χ3n) is 2.95.